The van der Waals surface area contributed by atoms with Crippen molar-refractivity contribution in [3.05, 3.63) is 35.9 Å². The second-order valence-electron chi connectivity index (χ2n) is 7.37. The Bertz CT molecular complexity index is 476. The van der Waals surface area contributed by atoms with Gasteiger partial charge in [-0.25, -0.2) is 0 Å². The molecule has 2 aliphatic heterocycles. The summed E-state index contributed by atoms with van der Waals surface area (Å²) in [6.07, 6.45) is 5.92. The smallest absolute Gasteiger partial charge is 0.0499 e. The topological polar surface area (TPSA) is 23.5 Å². The number of piperidine rings is 1. The highest BCUT2D eigenvalue weighted by atomic mass is 32.2. The number of likely N-dealkylation sites (tertiary alicyclic amines) is 1. The lowest BCUT2D eigenvalue weighted by atomic mass is 9.76. The van der Waals surface area contributed by atoms with E-state index in [0.29, 0.717) is 12.6 Å². The fraction of sp³-hybridized carbons (Fsp3) is 0.700. The molecule has 0 unspecified atom stereocenters. The van der Waals surface area contributed by atoms with Gasteiger partial charge in [0.1, 0.15) is 0 Å². The number of hydrogen-bond acceptors (Lipinski definition) is 4. The molecular formula is C20H31NOS2. The molecule has 2 heterocycles. The van der Waals surface area contributed by atoms with E-state index < -0.39 is 0 Å². The lowest BCUT2D eigenvalue weighted by molar-refractivity contribution is 0.0131. The van der Waals surface area contributed by atoms with Crippen LogP contribution in [0.4, 0.5) is 0 Å². The third kappa shape index (κ3) is 5.17. The van der Waals surface area contributed by atoms with Crippen LogP contribution in [0.2, 0.25) is 0 Å². The highest BCUT2D eigenvalue weighted by Gasteiger charge is 2.37. The van der Waals surface area contributed by atoms with Gasteiger partial charge in [-0.15, -0.1) is 0 Å². The summed E-state index contributed by atoms with van der Waals surface area (Å²) in [4.78, 5) is 2.70. The fourth-order valence-corrected chi connectivity index (χ4v) is 6.72. The molecule has 2 aliphatic rings. The number of aliphatic hydroxyl groups is 1. The number of hydrogen-bond donors (Lipinski definition) is 1. The third-order valence-corrected chi connectivity index (χ3v) is 8.04. The third-order valence-electron chi connectivity index (χ3n) is 5.55. The zero-order valence-corrected chi connectivity index (χ0v) is 16.3. The molecule has 134 valence electrons. The molecule has 0 aliphatic carbocycles. The van der Waals surface area contributed by atoms with E-state index in [0.717, 1.165) is 19.4 Å². The Kier molecular flexibility index (Phi) is 7.38. The molecule has 0 amide bonds. The van der Waals surface area contributed by atoms with Gasteiger partial charge in [-0.2, -0.15) is 23.5 Å². The lowest BCUT2D eigenvalue weighted by Gasteiger charge is -2.45. The summed E-state index contributed by atoms with van der Waals surface area (Å²) in [6, 6.07) is 11.5. The Balaban J connectivity index is 1.54. The summed E-state index contributed by atoms with van der Waals surface area (Å²) >= 11 is 4.23. The minimum atomic E-state index is 0.134. The van der Waals surface area contributed by atoms with Crippen molar-refractivity contribution in [2.75, 3.05) is 42.7 Å². The first-order valence-corrected chi connectivity index (χ1v) is 11.7. The Hall–Kier alpha value is -0.160. The SMILES string of the molecule is OC[C@]1(CCCc2ccccc2)CCCN(C2CSCCSC2)C1. The van der Waals surface area contributed by atoms with Crippen molar-refractivity contribution in [3.8, 4) is 0 Å². The number of aliphatic hydroxyl groups excluding tert-OH is 1. The fourth-order valence-electron chi connectivity index (χ4n) is 4.10. The molecule has 0 radical (unpaired) electrons. The normalized spacial score (nSPS) is 27.0. The van der Waals surface area contributed by atoms with Gasteiger partial charge in [0.15, 0.2) is 0 Å². The van der Waals surface area contributed by atoms with E-state index in [1.165, 1.54) is 54.4 Å². The van der Waals surface area contributed by atoms with Crippen LogP contribution in [0.1, 0.15) is 31.2 Å². The minimum absolute atomic E-state index is 0.134. The van der Waals surface area contributed by atoms with Crippen molar-refractivity contribution in [2.45, 2.75) is 38.1 Å². The molecule has 4 heteroatoms. The number of rotatable bonds is 6. The molecule has 1 aromatic carbocycles. The molecule has 2 fully saturated rings. The molecule has 1 N–H and O–H groups in total. The average Bonchev–Trinajstić information content (AvgIpc) is 2.92. The van der Waals surface area contributed by atoms with E-state index in [4.69, 9.17) is 0 Å². The van der Waals surface area contributed by atoms with Crippen LogP contribution in [0.25, 0.3) is 0 Å². The van der Waals surface area contributed by atoms with Crippen molar-refractivity contribution in [2.24, 2.45) is 5.41 Å². The van der Waals surface area contributed by atoms with Crippen molar-refractivity contribution in [3.63, 3.8) is 0 Å². The Labute approximate surface area is 155 Å². The van der Waals surface area contributed by atoms with Gasteiger partial charge >= 0.3 is 0 Å². The first-order valence-electron chi connectivity index (χ1n) is 9.36. The highest BCUT2D eigenvalue weighted by molar-refractivity contribution is 8.03. The zero-order chi connectivity index (χ0) is 16.7. The molecule has 0 spiro atoms. The summed E-state index contributed by atoms with van der Waals surface area (Å²) in [5.74, 6) is 5.16. The molecule has 0 saturated carbocycles. The largest absolute Gasteiger partial charge is 0.396 e. The van der Waals surface area contributed by atoms with Crippen LogP contribution in [-0.2, 0) is 6.42 Å². The van der Waals surface area contributed by atoms with Gasteiger partial charge in [0.2, 0.25) is 0 Å². The average molecular weight is 366 g/mol. The highest BCUT2D eigenvalue weighted by Crippen LogP contribution is 2.36. The van der Waals surface area contributed by atoms with Gasteiger partial charge in [0, 0.05) is 47.6 Å². The van der Waals surface area contributed by atoms with Gasteiger partial charge in [0.05, 0.1) is 0 Å². The van der Waals surface area contributed by atoms with Crippen LogP contribution in [0.5, 0.6) is 0 Å². The van der Waals surface area contributed by atoms with Crippen LogP contribution in [0.3, 0.4) is 0 Å². The molecule has 0 aromatic heterocycles. The molecule has 0 bridgehead atoms. The van der Waals surface area contributed by atoms with Gasteiger partial charge in [-0.05, 0) is 44.2 Å². The molecule has 2 nitrogen and oxygen atoms in total. The van der Waals surface area contributed by atoms with Crippen molar-refractivity contribution in [1.82, 2.24) is 4.90 Å². The second-order valence-corrected chi connectivity index (χ2v) is 9.67. The van der Waals surface area contributed by atoms with E-state index in [2.05, 4.69) is 58.8 Å². The minimum Gasteiger partial charge on any atom is -0.396 e. The van der Waals surface area contributed by atoms with E-state index in [1.807, 2.05) is 0 Å². The monoisotopic (exact) mass is 365 g/mol. The lowest BCUT2D eigenvalue weighted by Crippen LogP contribution is -2.51. The predicted octanol–water partition coefficient (Wildman–Crippen LogP) is 3.93. The first-order chi connectivity index (χ1) is 11.8. The standard InChI is InChI=1S/C20H31NOS2/c22-17-20(9-4-8-18-6-2-1-3-7-18)10-5-11-21(16-20)19-14-23-12-13-24-15-19/h1-3,6-7,19,22H,4-5,8-17H2/t20-/m1/s1. The molecule has 24 heavy (non-hydrogen) atoms. The Morgan fingerprint density at radius 1 is 1.12 bits per heavy atom. The van der Waals surface area contributed by atoms with Crippen LogP contribution in [-0.4, -0.2) is 58.8 Å². The first kappa shape index (κ1) is 18.6. The number of aryl methyl sites for hydroxylation is 1. The van der Waals surface area contributed by atoms with Crippen molar-refractivity contribution in [1.29, 1.82) is 0 Å². The Morgan fingerprint density at radius 3 is 2.58 bits per heavy atom. The molecular weight excluding hydrogens is 334 g/mol. The summed E-state index contributed by atoms with van der Waals surface area (Å²) < 4.78 is 0. The van der Waals surface area contributed by atoms with Crippen molar-refractivity contribution >= 4 is 23.5 Å². The number of benzene rings is 1. The predicted molar refractivity (Wildman–Crippen MR) is 108 cm³/mol. The van der Waals surface area contributed by atoms with Crippen LogP contribution < -0.4 is 0 Å². The van der Waals surface area contributed by atoms with E-state index >= 15 is 0 Å². The summed E-state index contributed by atoms with van der Waals surface area (Å²) in [5.41, 5.74) is 1.56. The van der Waals surface area contributed by atoms with Crippen molar-refractivity contribution < 1.29 is 5.11 Å². The maximum Gasteiger partial charge on any atom is 0.0499 e. The van der Waals surface area contributed by atoms with E-state index in [9.17, 15) is 5.11 Å². The number of thioether (sulfide) groups is 2. The van der Waals surface area contributed by atoms with Gasteiger partial charge in [-0.3, -0.25) is 4.90 Å². The summed E-state index contributed by atoms with van der Waals surface area (Å²) in [5, 5.41) is 10.2. The summed E-state index contributed by atoms with van der Waals surface area (Å²) in [6.45, 7) is 2.68. The number of nitrogens with zero attached hydrogens (tertiary/aromatic N) is 1. The second kappa shape index (κ2) is 9.51. The quantitative estimate of drug-likeness (QED) is 0.825. The van der Waals surface area contributed by atoms with E-state index in [-0.39, 0.29) is 5.41 Å². The van der Waals surface area contributed by atoms with Crippen LogP contribution >= 0.6 is 23.5 Å². The molecule has 1 atom stereocenters. The maximum absolute atomic E-state index is 10.2. The Morgan fingerprint density at radius 2 is 1.88 bits per heavy atom. The van der Waals surface area contributed by atoms with Gasteiger partial charge in [0.25, 0.3) is 0 Å². The zero-order valence-electron chi connectivity index (χ0n) is 14.7. The maximum atomic E-state index is 10.2. The molecule has 3 rings (SSSR count). The molecule has 1 aromatic rings. The molecule has 2 saturated heterocycles. The van der Waals surface area contributed by atoms with Gasteiger partial charge < -0.3 is 5.11 Å². The van der Waals surface area contributed by atoms with Crippen LogP contribution in [0.15, 0.2) is 30.3 Å². The summed E-state index contributed by atoms with van der Waals surface area (Å²) in [7, 11) is 0. The van der Waals surface area contributed by atoms with Gasteiger partial charge in [-0.1, -0.05) is 30.3 Å². The van der Waals surface area contributed by atoms with E-state index in [1.54, 1.807) is 0 Å². The van der Waals surface area contributed by atoms with Crippen LogP contribution in [0, 0.1) is 5.41 Å².